The first-order valence-electron chi connectivity index (χ1n) is 9.35. The molecule has 3 aromatic carbocycles. The molecule has 1 aliphatic heterocycles. The van der Waals surface area contributed by atoms with Crippen LogP contribution in [0, 0.1) is 0 Å². The van der Waals surface area contributed by atoms with Crippen molar-refractivity contribution >= 4 is 39.7 Å². The van der Waals surface area contributed by atoms with Crippen molar-refractivity contribution in [1.29, 1.82) is 0 Å². The standard InChI is InChI=1S/C24H17ClO3/c25-14-4-3-12-19-16-9-1-2-10-17(16)23(27)28-24(19)20-13-6-8-15-7-5-11-18(21(15)20)22(24)26/h1-2,5-13H,3-4,14H2/b19-12+/t24-/m0/s1. The molecule has 0 saturated carbocycles. The third-order valence-electron chi connectivity index (χ3n) is 5.60. The number of rotatable bonds is 3. The molecule has 4 heteroatoms. The zero-order valence-corrected chi connectivity index (χ0v) is 15.8. The van der Waals surface area contributed by atoms with Crippen molar-refractivity contribution < 1.29 is 14.3 Å². The van der Waals surface area contributed by atoms with E-state index in [2.05, 4.69) is 0 Å². The molecule has 0 radical (unpaired) electrons. The summed E-state index contributed by atoms with van der Waals surface area (Å²) < 4.78 is 6.00. The molecule has 0 amide bonds. The van der Waals surface area contributed by atoms with Crippen molar-refractivity contribution in [3.05, 3.63) is 89.0 Å². The van der Waals surface area contributed by atoms with Crippen molar-refractivity contribution in [1.82, 2.24) is 0 Å². The summed E-state index contributed by atoms with van der Waals surface area (Å²) in [5.41, 5.74) is 1.89. The Morgan fingerprint density at radius 2 is 1.61 bits per heavy atom. The van der Waals surface area contributed by atoms with E-state index in [1.807, 2.05) is 54.6 Å². The van der Waals surface area contributed by atoms with Gasteiger partial charge in [-0.15, -0.1) is 11.6 Å². The van der Waals surface area contributed by atoms with E-state index in [9.17, 15) is 9.59 Å². The highest BCUT2D eigenvalue weighted by Gasteiger charge is 2.56. The van der Waals surface area contributed by atoms with E-state index in [4.69, 9.17) is 16.3 Å². The third kappa shape index (κ3) is 2.17. The van der Waals surface area contributed by atoms with Crippen molar-refractivity contribution in [2.24, 2.45) is 0 Å². The van der Waals surface area contributed by atoms with Crippen LogP contribution >= 0.6 is 11.6 Å². The molecule has 0 aromatic heterocycles. The second-order valence-electron chi connectivity index (χ2n) is 7.10. The minimum Gasteiger partial charge on any atom is -0.437 e. The van der Waals surface area contributed by atoms with Crippen LogP contribution < -0.4 is 0 Å². The Morgan fingerprint density at radius 3 is 2.39 bits per heavy atom. The first kappa shape index (κ1) is 17.2. The van der Waals surface area contributed by atoms with Gasteiger partial charge in [0.2, 0.25) is 11.4 Å². The lowest BCUT2D eigenvalue weighted by Gasteiger charge is -2.36. The zero-order valence-electron chi connectivity index (χ0n) is 15.1. The van der Waals surface area contributed by atoms with Gasteiger partial charge in [-0.3, -0.25) is 4.79 Å². The van der Waals surface area contributed by atoms with Gasteiger partial charge in [-0.25, -0.2) is 4.79 Å². The highest BCUT2D eigenvalue weighted by atomic mass is 35.5. The number of carbonyl (C=O) groups excluding carboxylic acids is 2. The van der Waals surface area contributed by atoms with Crippen LogP contribution in [0.4, 0.5) is 0 Å². The van der Waals surface area contributed by atoms with Crippen molar-refractivity contribution in [3.63, 3.8) is 0 Å². The van der Waals surface area contributed by atoms with E-state index in [-0.39, 0.29) is 5.78 Å². The number of hydrogen-bond acceptors (Lipinski definition) is 3. The quantitative estimate of drug-likeness (QED) is 0.338. The molecule has 0 fully saturated rings. The summed E-state index contributed by atoms with van der Waals surface area (Å²) in [7, 11) is 0. The second kappa shape index (κ2) is 6.32. The molecule has 3 nitrogen and oxygen atoms in total. The lowest BCUT2D eigenvalue weighted by molar-refractivity contribution is 0.00820. The van der Waals surface area contributed by atoms with Crippen molar-refractivity contribution in [2.75, 3.05) is 5.88 Å². The average Bonchev–Trinajstić information content (AvgIpc) is 2.96. The molecule has 0 bridgehead atoms. The van der Waals surface area contributed by atoms with Gasteiger partial charge in [0.25, 0.3) is 0 Å². The number of ether oxygens (including phenoxy) is 1. The number of allylic oxidation sites excluding steroid dienone is 1. The van der Waals surface area contributed by atoms with Crippen LogP contribution in [0.5, 0.6) is 0 Å². The molecule has 0 saturated heterocycles. The number of carbonyl (C=O) groups is 2. The summed E-state index contributed by atoms with van der Waals surface area (Å²) in [5.74, 6) is -0.121. The molecular formula is C24H17ClO3. The largest absolute Gasteiger partial charge is 0.437 e. The lowest BCUT2D eigenvalue weighted by Crippen LogP contribution is -2.42. The average molecular weight is 389 g/mol. The molecule has 0 N–H and O–H groups in total. The smallest absolute Gasteiger partial charge is 0.340 e. The molecular weight excluding hydrogens is 372 g/mol. The predicted octanol–water partition coefficient (Wildman–Crippen LogP) is 5.50. The summed E-state index contributed by atoms with van der Waals surface area (Å²) in [4.78, 5) is 26.6. The number of ketones is 1. The van der Waals surface area contributed by atoms with E-state index in [0.29, 0.717) is 23.4 Å². The number of fused-ring (bicyclic) bond motifs is 2. The molecule has 5 rings (SSSR count). The summed E-state index contributed by atoms with van der Waals surface area (Å²) in [5, 5.41) is 1.83. The molecule has 1 spiro atoms. The Morgan fingerprint density at radius 1 is 0.893 bits per heavy atom. The summed E-state index contributed by atoms with van der Waals surface area (Å²) in [6, 6.07) is 18.8. The van der Waals surface area contributed by atoms with E-state index >= 15 is 0 Å². The van der Waals surface area contributed by atoms with E-state index in [1.54, 1.807) is 12.1 Å². The minimum atomic E-state index is -1.43. The van der Waals surface area contributed by atoms with E-state index in [1.165, 1.54) is 0 Å². The monoisotopic (exact) mass is 388 g/mol. The number of unbranched alkanes of at least 4 members (excludes halogenated alkanes) is 1. The predicted molar refractivity (Wildman–Crippen MR) is 110 cm³/mol. The first-order chi connectivity index (χ1) is 13.7. The van der Waals surface area contributed by atoms with Crippen LogP contribution in [0.2, 0.25) is 0 Å². The summed E-state index contributed by atoms with van der Waals surface area (Å²) in [6.07, 6.45) is 3.49. The molecule has 28 heavy (non-hydrogen) atoms. The van der Waals surface area contributed by atoms with Gasteiger partial charge < -0.3 is 4.74 Å². The number of halogens is 1. The minimum absolute atomic E-state index is 0.181. The van der Waals surface area contributed by atoms with Gasteiger partial charge in [0.15, 0.2) is 0 Å². The zero-order chi connectivity index (χ0) is 19.3. The fraction of sp³-hybridized carbons (Fsp3) is 0.167. The fourth-order valence-electron chi connectivity index (χ4n) is 4.42. The topological polar surface area (TPSA) is 43.4 Å². The number of esters is 1. The maximum absolute atomic E-state index is 13.7. The Balaban J connectivity index is 1.84. The summed E-state index contributed by atoms with van der Waals surface area (Å²) in [6.45, 7) is 0. The number of hydrogen-bond donors (Lipinski definition) is 0. The Bertz CT molecular complexity index is 1170. The molecule has 3 aromatic rings. The highest BCUT2D eigenvalue weighted by Crippen LogP contribution is 2.53. The molecule has 138 valence electrons. The van der Waals surface area contributed by atoms with Crippen molar-refractivity contribution in [2.45, 2.75) is 18.4 Å². The molecule has 1 aliphatic carbocycles. The first-order valence-corrected chi connectivity index (χ1v) is 9.88. The van der Waals surface area contributed by atoms with Gasteiger partial charge >= 0.3 is 5.97 Å². The Kier molecular flexibility index (Phi) is 3.88. The van der Waals surface area contributed by atoms with E-state index < -0.39 is 11.6 Å². The van der Waals surface area contributed by atoms with Gasteiger partial charge in [-0.1, -0.05) is 60.7 Å². The van der Waals surface area contributed by atoms with Crippen LogP contribution in [-0.4, -0.2) is 17.6 Å². The maximum atomic E-state index is 13.7. The van der Waals surface area contributed by atoms with Crippen LogP contribution in [0.15, 0.2) is 66.7 Å². The van der Waals surface area contributed by atoms with E-state index in [0.717, 1.165) is 33.9 Å². The number of Topliss-reactive ketones (excluding diaryl/α,β-unsaturated/α-hetero) is 1. The van der Waals surface area contributed by atoms with Gasteiger partial charge in [-0.2, -0.15) is 0 Å². The lowest BCUT2D eigenvalue weighted by atomic mass is 9.77. The Hall–Kier alpha value is -2.91. The molecule has 2 aliphatic rings. The summed E-state index contributed by atoms with van der Waals surface area (Å²) >= 11 is 5.88. The fourth-order valence-corrected chi connectivity index (χ4v) is 4.57. The number of benzene rings is 3. The highest BCUT2D eigenvalue weighted by molar-refractivity contribution is 6.26. The SMILES string of the molecule is O=C1O[C@@]2(C(=O)c3cccc4cccc2c34)/C(=C/CCCCl)c2ccccc21. The van der Waals surface area contributed by atoms with Gasteiger partial charge in [0.1, 0.15) is 0 Å². The van der Waals surface area contributed by atoms with Crippen LogP contribution in [0.3, 0.4) is 0 Å². The normalized spacial score (nSPS) is 21.4. The molecule has 0 unspecified atom stereocenters. The molecule has 1 atom stereocenters. The maximum Gasteiger partial charge on any atom is 0.340 e. The van der Waals surface area contributed by atoms with Gasteiger partial charge in [0, 0.05) is 28.0 Å². The number of alkyl halides is 1. The third-order valence-corrected chi connectivity index (χ3v) is 5.86. The second-order valence-corrected chi connectivity index (χ2v) is 7.48. The van der Waals surface area contributed by atoms with Gasteiger partial charge in [0.05, 0.1) is 5.56 Å². The van der Waals surface area contributed by atoms with Crippen molar-refractivity contribution in [3.8, 4) is 0 Å². The van der Waals surface area contributed by atoms with Crippen LogP contribution in [0.1, 0.15) is 44.7 Å². The molecule has 1 heterocycles. The van der Waals surface area contributed by atoms with Gasteiger partial charge in [-0.05, 0) is 29.9 Å². The van der Waals surface area contributed by atoms with Crippen LogP contribution in [-0.2, 0) is 10.3 Å². The Labute approximate surface area is 167 Å². The van der Waals surface area contributed by atoms with Crippen LogP contribution in [0.25, 0.3) is 16.3 Å².